The number of benzene rings is 1. The lowest BCUT2D eigenvalue weighted by molar-refractivity contribution is 0.116. The number of rotatable bonds is 4. The molecule has 0 unspecified atom stereocenters. The number of ether oxygens (including phenoxy) is 1. The average molecular weight is 299 g/mol. The summed E-state index contributed by atoms with van der Waals surface area (Å²) in [6, 6.07) is 10.4. The minimum Gasteiger partial charge on any atom is -0.383 e. The van der Waals surface area contributed by atoms with Gasteiger partial charge < -0.3 is 15.4 Å². The Morgan fingerprint density at radius 3 is 2.64 bits per heavy atom. The second kappa shape index (κ2) is 6.53. The minimum atomic E-state index is -0.0310. The van der Waals surface area contributed by atoms with E-state index >= 15 is 0 Å². The summed E-state index contributed by atoms with van der Waals surface area (Å²) in [6.07, 6.45) is 8.22. The van der Waals surface area contributed by atoms with E-state index in [4.69, 9.17) is 15.5 Å². The van der Waals surface area contributed by atoms with Gasteiger partial charge in [0.15, 0.2) is 5.96 Å². The van der Waals surface area contributed by atoms with E-state index in [1.165, 1.54) is 24.8 Å². The van der Waals surface area contributed by atoms with Crippen LogP contribution >= 0.6 is 0 Å². The molecule has 1 aliphatic heterocycles. The summed E-state index contributed by atoms with van der Waals surface area (Å²) in [6.45, 7) is 1.48. The van der Waals surface area contributed by atoms with Crippen molar-refractivity contribution in [1.29, 1.82) is 0 Å². The zero-order valence-corrected chi connectivity index (χ0v) is 13.3. The van der Waals surface area contributed by atoms with E-state index in [1.54, 1.807) is 7.11 Å². The Morgan fingerprint density at radius 1 is 1.23 bits per heavy atom. The molecule has 0 radical (unpaired) electrons. The first kappa shape index (κ1) is 15.1. The maximum atomic E-state index is 6.25. The van der Waals surface area contributed by atoms with Crippen LogP contribution in [0, 0.1) is 0 Å². The molecule has 2 N–H and O–H groups in total. The van der Waals surface area contributed by atoms with Crippen molar-refractivity contribution in [2.24, 2.45) is 10.7 Å². The van der Waals surface area contributed by atoms with Crippen molar-refractivity contribution in [2.75, 3.05) is 20.3 Å². The number of methoxy groups -OCH3 is 1. The molecule has 4 nitrogen and oxygen atoms in total. The van der Waals surface area contributed by atoms with Gasteiger partial charge in [-0.25, -0.2) is 4.99 Å². The highest BCUT2D eigenvalue weighted by Crippen LogP contribution is 2.44. The van der Waals surface area contributed by atoms with Crippen LogP contribution in [0.5, 0.6) is 0 Å². The van der Waals surface area contributed by atoms with Gasteiger partial charge in [-0.1, -0.05) is 49.6 Å². The highest BCUT2D eigenvalue weighted by Gasteiger charge is 2.46. The summed E-state index contributed by atoms with van der Waals surface area (Å²) < 4.78 is 5.27. The first-order valence-electron chi connectivity index (χ1n) is 8.14. The monoisotopic (exact) mass is 299 g/mol. The van der Waals surface area contributed by atoms with E-state index in [2.05, 4.69) is 35.2 Å². The van der Waals surface area contributed by atoms with Crippen LogP contribution < -0.4 is 5.73 Å². The number of guanidine groups is 1. The molecule has 1 aromatic rings. The second-order valence-electron chi connectivity index (χ2n) is 6.15. The topological polar surface area (TPSA) is 50.9 Å². The highest BCUT2D eigenvalue weighted by molar-refractivity contribution is 5.85. The molecule has 0 bridgehead atoms. The summed E-state index contributed by atoms with van der Waals surface area (Å²) in [7, 11) is 1.73. The standard InChI is InChI=1S/C18H25N3O/c1-22-13-12-21-17(19)20-16(14-15-8-4-2-5-9-15)18(21)10-6-3-7-11-18/h2,4-5,8-9,14H,3,6-7,10-13H2,1H3,(H2,19,20)/b16-14-. The van der Waals surface area contributed by atoms with Gasteiger partial charge in [0.25, 0.3) is 0 Å². The number of nitrogens with zero attached hydrogens (tertiary/aromatic N) is 2. The molecule has 1 aromatic carbocycles. The molecule has 1 spiro atoms. The van der Waals surface area contributed by atoms with Crippen molar-refractivity contribution < 1.29 is 4.74 Å². The predicted molar refractivity (Wildman–Crippen MR) is 90.4 cm³/mol. The maximum absolute atomic E-state index is 6.25. The van der Waals surface area contributed by atoms with Gasteiger partial charge in [-0.15, -0.1) is 0 Å². The molecule has 0 atom stereocenters. The van der Waals surface area contributed by atoms with Crippen molar-refractivity contribution in [3.8, 4) is 0 Å². The zero-order chi connectivity index (χ0) is 15.4. The molecule has 1 saturated carbocycles. The van der Waals surface area contributed by atoms with Gasteiger partial charge in [-0.3, -0.25) is 0 Å². The van der Waals surface area contributed by atoms with Crippen LogP contribution in [0.25, 0.3) is 6.08 Å². The van der Waals surface area contributed by atoms with E-state index in [0.717, 1.165) is 25.1 Å². The van der Waals surface area contributed by atoms with E-state index in [1.807, 2.05) is 6.07 Å². The normalized spacial score (nSPS) is 22.3. The fourth-order valence-corrected chi connectivity index (χ4v) is 3.69. The summed E-state index contributed by atoms with van der Waals surface area (Å²) >= 11 is 0. The van der Waals surface area contributed by atoms with Crippen LogP contribution in [-0.2, 0) is 4.74 Å². The van der Waals surface area contributed by atoms with Gasteiger partial charge in [0.1, 0.15) is 0 Å². The van der Waals surface area contributed by atoms with Crippen LogP contribution in [0.15, 0.2) is 41.0 Å². The highest BCUT2D eigenvalue weighted by atomic mass is 16.5. The zero-order valence-electron chi connectivity index (χ0n) is 13.3. The van der Waals surface area contributed by atoms with Crippen LogP contribution in [0.4, 0.5) is 0 Å². The molecule has 0 amide bonds. The average Bonchev–Trinajstić information content (AvgIpc) is 2.79. The largest absolute Gasteiger partial charge is 0.383 e. The second-order valence-corrected chi connectivity index (χ2v) is 6.15. The van der Waals surface area contributed by atoms with E-state index in [-0.39, 0.29) is 5.54 Å². The maximum Gasteiger partial charge on any atom is 0.197 e. The Kier molecular flexibility index (Phi) is 4.48. The van der Waals surface area contributed by atoms with Gasteiger partial charge in [0.2, 0.25) is 0 Å². The third-order valence-electron chi connectivity index (χ3n) is 4.81. The van der Waals surface area contributed by atoms with Gasteiger partial charge in [0, 0.05) is 13.7 Å². The quantitative estimate of drug-likeness (QED) is 0.930. The van der Waals surface area contributed by atoms with Crippen LogP contribution in [0.2, 0.25) is 0 Å². The first-order chi connectivity index (χ1) is 10.8. The number of aliphatic imine (C=N–C) groups is 1. The summed E-state index contributed by atoms with van der Waals surface area (Å²) in [5.74, 6) is 0.640. The lowest BCUT2D eigenvalue weighted by atomic mass is 9.78. The van der Waals surface area contributed by atoms with Crippen LogP contribution in [0.1, 0.15) is 37.7 Å². The predicted octanol–water partition coefficient (Wildman–Crippen LogP) is 3.01. The third-order valence-corrected chi connectivity index (χ3v) is 4.81. The fraction of sp³-hybridized carbons (Fsp3) is 0.500. The Hall–Kier alpha value is -1.81. The Balaban J connectivity index is 1.95. The van der Waals surface area contributed by atoms with Crippen molar-refractivity contribution in [1.82, 2.24) is 4.90 Å². The number of hydrogen-bond acceptors (Lipinski definition) is 4. The molecule has 22 heavy (non-hydrogen) atoms. The molecule has 2 aliphatic rings. The van der Waals surface area contributed by atoms with Crippen molar-refractivity contribution in [3.63, 3.8) is 0 Å². The lowest BCUT2D eigenvalue weighted by Gasteiger charge is -2.42. The summed E-state index contributed by atoms with van der Waals surface area (Å²) in [5, 5.41) is 0. The van der Waals surface area contributed by atoms with Gasteiger partial charge in [-0.2, -0.15) is 0 Å². The molecule has 1 aliphatic carbocycles. The van der Waals surface area contributed by atoms with Crippen LogP contribution in [-0.4, -0.2) is 36.7 Å². The SMILES string of the molecule is COCCN1C(N)=N/C(=C\c2ccccc2)C12CCCCC2. The van der Waals surface area contributed by atoms with Crippen molar-refractivity contribution in [2.45, 2.75) is 37.6 Å². The third kappa shape index (κ3) is 2.75. The molecule has 3 rings (SSSR count). The minimum absolute atomic E-state index is 0.0310. The summed E-state index contributed by atoms with van der Waals surface area (Å²) in [5.41, 5.74) is 8.52. The molecular formula is C18H25N3O. The van der Waals surface area contributed by atoms with E-state index in [9.17, 15) is 0 Å². The van der Waals surface area contributed by atoms with Gasteiger partial charge in [-0.05, 0) is 24.5 Å². The molecule has 1 heterocycles. The summed E-state index contributed by atoms with van der Waals surface area (Å²) in [4.78, 5) is 6.99. The van der Waals surface area contributed by atoms with Gasteiger partial charge >= 0.3 is 0 Å². The molecule has 4 heteroatoms. The lowest BCUT2D eigenvalue weighted by Crippen LogP contribution is -2.53. The molecule has 118 valence electrons. The van der Waals surface area contributed by atoms with E-state index in [0.29, 0.717) is 12.6 Å². The Labute approximate surface area is 132 Å². The van der Waals surface area contributed by atoms with Crippen molar-refractivity contribution in [3.05, 3.63) is 41.6 Å². The van der Waals surface area contributed by atoms with Crippen LogP contribution in [0.3, 0.4) is 0 Å². The molecular weight excluding hydrogens is 274 g/mol. The van der Waals surface area contributed by atoms with E-state index < -0.39 is 0 Å². The number of hydrogen-bond donors (Lipinski definition) is 1. The fourth-order valence-electron chi connectivity index (χ4n) is 3.69. The molecule has 0 saturated heterocycles. The smallest absolute Gasteiger partial charge is 0.197 e. The Morgan fingerprint density at radius 2 is 1.95 bits per heavy atom. The molecule has 1 fully saturated rings. The number of nitrogens with two attached hydrogens (primary N) is 1. The van der Waals surface area contributed by atoms with Gasteiger partial charge in [0.05, 0.1) is 17.8 Å². The molecule has 0 aromatic heterocycles. The Bertz CT molecular complexity index is 559. The first-order valence-corrected chi connectivity index (χ1v) is 8.14. The van der Waals surface area contributed by atoms with Crippen molar-refractivity contribution >= 4 is 12.0 Å².